The van der Waals surface area contributed by atoms with Gasteiger partial charge in [-0.1, -0.05) is 18.2 Å². The third kappa shape index (κ3) is 6.32. The van der Waals surface area contributed by atoms with Gasteiger partial charge in [0.05, 0.1) is 0 Å². The van der Waals surface area contributed by atoms with Gasteiger partial charge in [-0.2, -0.15) is 0 Å². The van der Waals surface area contributed by atoms with Gasteiger partial charge in [0.2, 0.25) is 0 Å². The summed E-state index contributed by atoms with van der Waals surface area (Å²) < 4.78 is 90.2. The van der Waals surface area contributed by atoms with Crippen molar-refractivity contribution in [3.63, 3.8) is 0 Å². The summed E-state index contributed by atoms with van der Waals surface area (Å²) in [5.41, 5.74) is -0.355. The highest BCUT2D eigenvalue weighted by Crippen LogP contribution is 2.42. The summed E-state index contributed by atoms with van der Waals surface area (Å²) in [7, 11) is 0. The molecule has 0 aromatic heterocycles. The van der Waals surface area contributed by atoms with Gasteiger partial charge < -0.3 is 9.47 Å². The van der Waals surface area contributed by atoms with E-state index in [-0.39, 0.29) is 54.3 Å². The monoisotopic (exact) mass is 515 g/mol. The predicted molar refractivity (Wildman–Crippen MR) is 120 cm³/mol. The number of alkyl halides is 5. The van der Waals surface area contributed by atoms with Gasteiger partial charge in [-0.3, -0.25) is 9.69 Å². The third-order valence-corrected chi connectivity index (χ3v) is 6.72. The van der Waals surface area contributed by atoms with Crippen molar-refractivity contribution < 1.29 is 40.6 Å². The maximum atomic E-state index is 15.7. The molecule has 2 aromatic carbocycles. The fraction of sp³-hybridized carbons (Fsp3) is 0.500. The average Bonchev–Trinajstić information content (AvgIpc) is 3.12. The molecule has 1 fully saturated rings. The molecule has 1 heterocycles. The summed E-state index contributed by atoms with van der Waals surface area (Å²) in [6.07, 6.45) is -5.04. The van der Waals surface area contributed by atoms with Gasteiger partial charge in [-0.25, -0.2) is 26.3 Å². The first-order valence-electron chi connectivity index (χ1n) is 11.8. The number of likely N-dealkylation sites (tertiary alicyclic amines) is 1. The molecule has 0 saturated carbocycles. The number of Topliss-reactive ketones (excluding diaryl/α,β-unsaturated/α-hetero) is 1. The maximum absolute atomic E-state index is 15.7. The molecule has 4 rings (SSSR count). The number of carbonyl (C=O) groups is 1. The summed E-state index contributed by atoms with van der Waals surface area (Å²) in [6.45, 7) is -0.748. The second-order valence-electron chi connectivity index (χ2n) is 9.35. The van der Waals surface area contributed by atoms with Crippen LogP contribution in [0.1, 0.15) is 40.7 Å². The minimum absolute atomic E-state index is 0.0193. The molecule has 2 aliphatic rings. The van der Waals surface area contributed by atoms with Crippen molar-refractivity contribution in [1.29, 1.82) is 0 Å². The lowest BCUT2D eigenvalue weighted by Gasteiger charge is -2.37. The molecule has 1 atom stereocenters. The lowest BCUT2D eigenvalue weighted by molar-refractivity contribution is 0.0333. The van der Waals surface area contributed by atoms with Crippen LogP contribution in [0.4, 0.5) is 26.3 Å². The zero-order valence-corrected chi connectivity index (χ0v) is 19.5. The van der Waals surface area contributed by atoms with Gasteiger partial charge in [0.1, 0.15) is 24.7 Å². The van der Waals surface area contributed by atoms with E-state index in [0.29, 0.717) is 30.8 Å². The van der Waals surface area contributed by atoms with Gasteiger partial charge in [0.25, 0.3) is 12.9 Å². The normalized spacial score (nSPS) is 19.7. The van der Waals surface area contributed by atoms with E-state index >= 15 is 4.39 Å². The third-order valence-electron chi connectivity index (χ3n) is 6.72. The van der Waals surface area contributed by atoms with Crippen LogP contribution >= 0.6 is 0 Å². The Kier molecular flexibility index (Phi) is 8.12. The van der Waals surface area contributed by atoms with Crippen LogP contribution in [0.25, 0.3) is 0 Å². The lowest BCUT2D eigenvalue weighted by atomic mass is 9.82. The molecule has 0 spiro atoms. The molecule has 36 heavy (non-hydrogen) atoms. The van der Waals surface area contributed by atoms with E-state index in [4.69, 9.17) is 9.47 Å². The van der Waals surface area contributed by atoms with Crippen molar-refractivity contribution in [3.05, 3.63) is 58.9 Å². The summed E-state index contributed by atoms with van der Waals surface area (Å²) in [5.74, 6) is -1.69. The van der Waals surface area contributed by atoms with Crippen LogP contribution in [0.5, 0.6) is 11.5 Å². The largest absolute Gasteiger partial charge is 0.484 e. The number of halogens is 6. The Morgan fingerprint density at radius 2 is 1.58 bits per heavy atom. The molecule has 1 unspecified atom stereocenters. The first-order valence-corrected chi connectivity index (χ1v) is 11.8. The SMILES string of the molecule is O=C1c2cc(OCC(F)F)c(OCC(F)F)cc2CC1CC1(F)CCN(Cc2ccccc2F)CC1. The van der Waals surface area contributed by atoms with Crippen molar-refractivity contribution >= 4 is 5.78 Å². The molecular formula is C26H27F6NO3. The van der Waals surface area contributed by atoms with E-state index in [0.717, 1.165) is 0 Å². The van der Waals surface area contributed by atoms with Crippen LogP contribution in [-0.4, -0.2) is 55.5 Å². The fourth-order valence-electron chi connectivity index (χ4n) is 4.90. The molecular weight excluding hydrogens is 488 g/mol. The van der Waals surface area contributed by atoms with Crippen LogP contribution in [0.3, 0.4) is 0 Å². The van der Waals surface area contributed by atoms with Crippen molar-refractivity contribution in [2.24, 2.45) is 5.92 Å². The second kappa shape index (κ2) is 11.1. The number of fused-ring (bicyclic) bond motifs is 1. The minimum Gasteiger partial charge on any atom is -0.484 e. The molecule has 0 radical (unpaired) electrons. The Bertz CT molecular complexity index is 1070. The number of ketones is 1. The fourth-order valence-corrected chi connectivity index (χ4v) is 4.90. The molecule has 0 amide bonds. The highest BCUT2D eigenvalue weighted by atomic mass is 19.3. The van der Waals surface area contributed by atoms with Crippen molar-refractivity contribution in [2.45, 2.75) is 50.7 Å². The Hall–Kier alpha value is -2.75. The standard InChI is InChI=1S/C26H27F6NO3/c27-20-4-2-1-3-16(20)13-33-7-5-26(32,6-8-33)12-18-9-17-10-21(35-14-23(28)29)22(36-15-24(30)31)11-19(17)25(18)34/h1-4,10-11,18,23-24H,5-9,12-15H2. The summed E-state index contributed by atoms with van der Waals surface area (Å²) in [6, 6.07) is 9.01. The Morgan fingerprint density at radius 1 is 0.972 bits per heavy atom. The summed E-state index contributed by atoms with van der Waals surface area (Å²) in [4.78, 5) is 15.0. The van der Waals surface area contributed by atoms with Crippen molar-refractivity contribution in [2.75, 3.05) is 26.3 Å². The molecule has 4 nitrogen and oxygen atoms in total. The van der Waals surface area contributed by atoms with E-state index in [9.17, 15) is 26.7 Å². The highest BCUT2D eigenvalue weighted by molar-refractivity contribution is 6.03. The minimum atomic E-state index is -2.81. The number of hydrogen-bond donors (Lipinski definition) is 0. The van der Waals surface area contributed by atoms with E-state index in [2.05, 4.69) is 0 Å². The van der Waals surface area contributed by atoms with Crippen molar-refractivity contribution in [1.82, 2.24) is 4.90 Å². The molecule has 196 valence electrons. The average molecular weight is 515 g/mol. The molecule has 0 N–H and O–H groups in total. The first-order chi connectivity index (χ1) is 17.1. The molecule has 10 heteroatoms. The lowest BCUT2D eigenvalue weighted by Crippen LogP contribution is -2.43. The number of ether oxygens (including phenoxy) is 2. The van der Waals surface area contributed by atoms with Crippen LogP contribution in [0.2, 0.25) is 0 Å². The molecule has 1 aliphatic heterocycles. The predicted octanol–water partition coefficient (Wildman–Crippen LogP) is 5.86. The highest BCUT2D eigenvalue weighted by Gasteiger charge is 2.42. The number of piperidine rings is 1. The van der Waals surface area contributed by atoms with Crippen molar-refractivity contribution in [3.8, 4) is 11.5 Å². The van der Waals surface area contributed by atoms with Gasteiger partial charge in [-0.05, 0) is 49.4 Å². The quantitative estimate of drug-likeness (QED) is 0.372. The first kappa shape index (κ1) is 26.3. The van der Waals surface area contributed by atoms with E-state index in [1.54, 1.807) is 18.2 Å². The second-order valence-corrected chi connectivity index (χ2v) is 9.35. The number of carbonyl (C=O) groups excluding carboxylic acids is 1. The van der Waals surface area contributed by atoms with Crippen LogP contribution in [0, 0.1) is 11.7 Å². The smallest absolute Gasteiger partial charge is 0.272 e. The zero-order valence-electron chi connectivity index (χ0n) is 19.5. The van der Waals surface area contributed by atoms with Gasteiger partial charge in [0, 0.05) is 36.7 Å². The molecule has 1 saturated heterocycles. The van der Waals surface area contributed by atoms with Crippen LogP contribution in [-0.2, 0) is 13.0 Å². The zero-order chi connectivity index (χ0) is 25.9. The molecule has 1 aliphatic carbocycles. The summed E-state index contributed by atoms with van der Waals surface area (Å²) in [5, 5.41) is 0. The summed E-state index contributed by atoms with van der Waals surface area (Å²) >= 11 is 0. The number of benzene rings is 2. The van der Waals surface area contributed by atoms with Crippen LogP contribution in [0.15, 0.2) is 36.4 Å². The Morgan fingerprint density at radius 3 is 2.19 bits per heavy atom. The van der Waals surface area contributed by atoms with Gasteiger partial charge in [-0.15, -0.1) is 0 Å². The Balaban J connectivity index is 1.41. The maximum Gasteiger partial charge on any atom is 0.272 e. The number of rotatable bonds is 10. The number of nitrogens with zero attached hydrogens (tertiary/aromatic N) is 1. The van der Waals surface area contributed by atoms with E-state index < -0.39 is 37.7 Å². The van der Waals surface area contributed by atoms with E-state index in [1.807, 2.05) is 4.90 Å². The molecule has 2 aromatic rings. The molecule has 0 bridgehead atoms. The van der Waals surface area contributed by atoms with Gasteiger partial charge in [0.15, 0.2) is 17.3 Å². The Labute approximate surface area is 205 Å². The number of hydrogen-bond acceptors (Lipinski definition) is 4. The van der Waals surface area contributed by atoms with E-state index in [1.165, 1.54) is 18.2 Å². The van der Waals surface area contributed by atoms with Crippen LogP contribution < -0.4 is 9.47 Å². The van der Waals surface area contributed by atoms with Gasteiger partial charge >= 0.3 is 0 Å². The topological polar surface area (TPSA) is 38.8 Å².